The number of ether oxygens (including phenoxy) is 1. The number of carbonyl (C=O) groups excluding carboxylic acids is 2. The first-order chi connectivity index (χ1) is 18.6. The van der Waals surface area contributed by atoms with Gasteiger partial charge < -0.3 is 14.5 Å². The number of piperidine rings is 1. The maximum atomic E-state index is 13.7. The van der Waals surface area contributed by atoms with Crippen molar-refractivity contribution in [2.45, 2.75) is 46.1 Å². The summed E-state index contributed by atoms with van der Waals surface area (Å²) < 4.78 is 7.90. The van der Waals surface area contributed by atoms with Gasteiger partial charge >= 0.3 is 0 Å². The fourth-order valence-corrected chi connectivity index (χ4v) is 5.48. The van der Waals surface area contributed by atoms with E-state index >= 15 is 0 Å². The fourth-order valence-electron chi connectivity index (χ4n) is 5.30. The summed E-state index contributed by atoms with van der Waals surface area (Å²) in [5.41, 5.74) is 2.04. The third kappa shape index (κ3) is 7.63. The highest BCUT2D eigenvalue weighted by molar-refractivity contribution is 6.30. The lowest BCUT2D eigenvalue weighted by molar-refractivity contribution is -0.134. The van der Waals surface area contributed by atoms with E-state index in [1.807, 2.05) is 67.5 Å². The van der Waals surface area contributed by atoms with Gasteiger partial charge in [0.05, 0.1) is 12.3 Å². The van der Waals surface area contributed by atoms with Crippen LogP contribution in [0, 0.1) is 11.3 Å². The molecule has 0 aliphatic carbocycles. The summed E-state index contributed by atoms with van der Waals surface area (Å²) in [5.74, 6) is 1.08. The Morgan fingerprint density at radius 3 is 2.62 bits per heavy atom. The first-order valence-electron chi connectivity index (χ1n) is 13.6. The zero-order valence-corrected chi connectivity index (χ0v) is 24.2. The highest BCUT2D eigenvalue weighted by atomic mass is 35.5. The first-order valence-corrected chi connectivity index (χ1v) is 14.0. The maximum absolute atomic E-state index is 13.7. The quantitative estimate of drug-likeness (QED) is 0.328. The Bertz CT molecular complexity index is 1280. The molecule has 1 aromatic heterocycles. The van der Waals surface area contributed by atoms with Crippen LogP contribution >= 0.6 is 11.6 Å². The van der Waals surface area contributed by atoms with Crippen LogP contribution < -0.4 is 4.74 Å². The van der Waals surface area contributed by atoms with Crippen LogP contribution in [0.25, 0.3) is 0 Å². The van der Waals surface area contributed by atoms with Crippen LogP contribution in [0.3, 0.4) is 0 Å². The van der Waals surface area contributed by atoms with Crippen molar-refractivity contribution in [3.8, 4) is 5.75 Å². The van der Waals surface area contributed by atoms with Gasteiger partial charge in [0.1, 0.15) is 11.4 Å². The van der Waals surface area contributed by atoms with Crippen LogP contribution in [0.5, 0.6) is 5.75 Å². The minimum atomic E-state index is -0.530. The SMILES string of the molecule is CC(C)Cc1cc(C(=O)N2CCCC(COc3cccc(Cl)c3)(CC(=O)N(C)Cc3ccccc3)C2)n(C)n1. The van der Waals surface area contributed by atoms with Gasteiger partial charge in [-0.1, -0.05) is 61.8 Å². The molecular weight excluding hydrogens is 512 g/mol. The molecule has 0 N–H and O–H groups in total. The van der Waals surface area contributed by atoms with E-state index in [1.54, 1.807) is 21.7 Å². The van der Waals surface area contributed by atoms with Gasteiger partial charge in [-0.05, 0) is 55.0 Å². The van der Waals surface area contributed by atoms with E-state index in [0.717, 1.165) is 30.5 Å². The molecule has 2 amide bonds. The van der Waals surface area contributed by atoms with Gasteiger partial charge in [-0.15, -0.1) is 0 Å². The summed E-state index contributed by atoms with van der Waals surface area (Å²) in [5, 5.41) is 5.16. The monoisotopic (exact) mass is 550 g/mol. The van der Waals surface area contributed by atoms with E-state index < -0.39 is 5.41 Å². The molecule has 1 fully saturated rings. The molecule has 8 heteroatoms. The minimum absolute atomic E-state index is 0.0302. The number of halogens is 1. The molecule has 2 heterocycles. The second kappa shape index (κ2) is 12.7. The molecule has 1 atom stereocenters. The van der Waals surface area contributed by atoms with Crippen molar-refractivity contribution in [2.24, 2.45) is 18.4 Å². The number of aryl methyl sites for hydroxylation is 1. The normalized spacial score (nSPS) is 17.3. The Hall–Kier alpha value is -3.32. The number of nitrogens with zero attached hydrogens (tertiary/aromatic N) is 4. The van der Waals surface area contributed by atoms with Gasteiger partial charge in [-0.25, -0.2) is 0 Å². The summed E-state index contributed by atoms with van der Waals surface area (Å²) in [7, 11) is 3.65. The van der Waals surface area contributed by atoms with E-state index in [2.05, 4.69) is 18.9 Å². The summed E-state index contributed by atoms with van der Waals surface area (Å²) >= 11 is 6.18. The van der Waals surface area contributed by atoms with Gasteiger partial charge in [0.25, 0.3) is 5.91 Å². The molecule has 2 aromatic carbocycles. The number of carbonyl (C=O) groups is 2. The molecule has 1 aliphatic heterocycles. The number of hydrogen-bond acceptors (Lipinski definition) is 4. The molecule has 0 bridgehead atoms. The molecule has 1 aliphatic rings. The lowest BCUT2D eigenvalue weighted by atomic mass is 9.77. The van der Waals surface area contributed by atoms with Crippen molar-refractivity contribution >= 4 is 23.4 Å². The Balaban J connectivity index is 1.54. The number of hydrogen-bond donors (Lipinski definition) is 0. The average molecular weight is 551 g/mol. The van der Waals surface area contributed by atoms with Crippen LogP contribution in [0.1, 0.15) is 54.9 Å². The smallest absolute Gasteiger partial charge is 0.272 e. The summed E-state index contributed by atoms with van der Waals surface area (Å²) in [6.45, 7) is 6.19. The zero-order chi connectivity index (χ0) is 28.0. The van der Waals surface area contributed by atoms with Crippen molar-refractivity contribution in [3.05, 3.63) is 82.6 Å². The van der Waals surface area contributed by atoms with Crippen LogP contribution in [0.4, 0.5) is 0 Å². The summed E-state index contributed by atoms with van der Waals surface area (Å²) in [4.78, 5) is 30.9. The van der Waals surface area contributed by atoms with E-state index in [0.29, 0.717) is 48.6 Å². The highest BCUT2D eigenvalue weighted by Gasteiger charge is 2.41. The number of aromatic nitrogens is 2. The van der Waals surface area contributed by atoms with Gasteiger partial charge in [0.15, 0.2) is 0 Å². The second-order valence-electron chi connectivity index (χ2n) is 11.2. The van der Waals surface area contributed by atoms with Crippen LogP contribution in [0.2, 0.25) is 5.02 Å². The van der Waals surface area contributed by atoms with Crippen molar-refractivity contribution in [1.82, 2.24) is 19.6 Å². The average Bonchev–Trinajstić information content (AvgIpc) is 3.26. The minimum Gasteiger partial charge on any atom is -0.493 e. The summed E-state index contributed by atoms with van der Waals surface area (Å²) in [6.07, 6.45) is 2.68. The molecule has 7 nitrogen and oxygen atoms in total. The molecule has 1 unspecified atom stereocenters. The predicted octanol–water partition coefficient (Wildman–Crippen LogP) is 5.62. The third-order valence-corrected chi connectivity index (χ3v) is 7.51. The maximum Gasteiger partial charge on any atom is 0.272 e. The van der Waals surface area contributed by atoms with Gasteiger partial charge in [0.2, 0.25) is 5.91 Å². The van der Waals surface area contributed by atoms with Crippen molar-refractivity contribution in [1.29, 1.82) is 0 Å². The lowest BCUT2D eigenvalue weighted by Gasteiger charge is -2.42. The number of likely N-dealkylation sites (tertiary alicyclic amines) is 1. The van der Waals surface area contributed by atoms with E-state index in [9.17, 15) is 9.59 Å². The van der Waals surface area contributed by atoms with Crippen LogP contribution in [-0.2, 0) is 24.8 Å². The third-order valence-electron chi connectivity index (χ3n) is 7.27. The zero-order valence-electron chi connectivity index (χ0n) is 23.4. The van der Waals surface area contributed by atoms with Crippen LogP contribution in [-0.4, -0.2) is 58.1 Å². The molecule has 0 radical (unpaired) electrons. The van der Waals surface area contributed by atoms with E-state index in [-0.39, 0.29) is 18.2 Å². The van der Waals surface area contributed by atoms with E-state index in [1.165, 1.54) is 0 Å². The van der Waals surface area contributed by atoms with Crippen molar-refractivity contribution in [3.63, 3.8) is 0 Å². The molecule has 3 aromatic rings. The largest absolute Gasteiger partial charge is 0.493 e. The standard InChI is InChI=1S/C31H39ClN4O3/c1-23(2)16-26-18-28(35(4)33-26)30(38)36-15-9-14-31(21-36,22-39-27-13-8-12-25(32)17-27)19-29(37)34(3)20-24-10-6-5-7-11-24/h5-8,10-13,17-18,23H,9,14-16,19-22H2,1-4H3. The van der Waals surface area contributed by atoms with Crippen molar-refractivity contribution < 1.29 is 14.3 Å². The molecule has 4 rings (SSSR count). The Morgan fingerprint density at radius 1 is 1.13 bits per heavy atom. The molecular formula is C31H39ClN4O3. The van der Waals surface area contributed by atoms with Crippen LogP contribution in [0.15, 0.2) is 60.7 Å². The number of benzene rings is 2. The first kappa shape index (κ1) is 28.7. The second-order valence-corrected chi connectivity index (χ2v) is 11.7. The Morgan fingerprint density at radius 2 is 1.90 bits per heavy atom. The Labute approximate surface area is 236 Å². The topological polar surface area (TPSA) is 67.7 Å². The van der Waals surface area contributed by atoms with Gasteiger partial charge in [-0.2, -0.15) is 5.10 Å². The molecule has 208 valence electrons. The predicted molar refractivity (Wildman–Crippen MR) is 154 cm³/mol. The van der Waals surface area contributed by atoms with Gasteiger partial charge in [0, 0.05) is 50.6 Å². The Kier molecular flexibility index (Phi) is 9.33. The fraction of sp³-hybridized carbons (Fsp3) is 0.452. The highest BCUT2D eigenvalue weighted by Crippen LogP contribution is 2.36. The number of amides is 2. The summed E-state index contributed by atoms with van der Waals surface area (Å²) in [6, 6.07) is 19.1. The molecule has 1 saturated heterocycles. The van der Waals surface area contributed by atoms with Gasteiger partial charge in [-0.3, -0.25) is 14.3 Å². The lowest BCUT2D eigenvalue weighted by Crippen LogP contribution is -2.51. The van der Waals surface area contributed by atoms with Crippen molar-refractivity contribution in [2.75, 3.05) is 26.7 Å². The molecule has 0 saturated carbocycles. The number of rotatable bonds is 10. The van der Waals surface area contributed by atoms with E-state index in [4.69, 9.17) is 16.3 Å². The molecule has 39 heavy (non-hydrogen) atoms. The molecule has 0 spiro atoms.